The lowest BCUT2D eigenvalue weighted by Crippen LogP contribution is -2.04. The van der Waals surface area contributed by atoms with E-state index < -0.39 is 0 Å². The van der Waals surface area contributed by atoms with Crippen molar-refractivity contribution in [3.63, 3.8) is 0 Å². The molecule has 0 aliphatic heterocycles. The van der Waals surface area contributed by atoms with Crippen molar-refractivity contribution in [2.75, 3.05) is 0 Å². The third kappa shape index (κ3) is 1.94. The van der Waals surface area contributed by atoms with Gasteiger partial charge in [-0.05, 0) is 29.5 Å². The maximum absolute atomic E-state index is 8.80. The molecule has 1 nitrogen and oxygen atoms in total. The smallest absolute Gasteiger partial charge is 0.0628 e. The molecule has 0 saturated heterocycles. The molecule has 1 aromatic carbocycles. The van der Waals surface area contributed by atoms with Crippen LogP contribution in [0.5, 0.6) is 0 Å². The fourth-order valence-electron chi connectivity index (χ4n) is 2.14. The molecule has 1 atom stereocenters. The Morgan fingerprint density at radius 2 is 2.33 bits per heavy atom. The van der Waals surface area contributed by atoms with Gasteiger partial charge in [0.2, 0.25) is 0 Å². The number of hydrogen-bond acceptors (Lipinski definition) is 1. The lowest BCUT2D eigenvalue weighted by molar-refractivity contribution is 0.710. The van der Waals surface area contributed by atoms with Crippen LogP contribution < -0.4 is 0 Å². The van der Waals surface area contributed by atoms with E-state index in [1.165, 1.54) is 16.7 Å². The first-order valence-corrected chi connectivity index (χ1v) is 5.51. The molecule has 76 valence electrons. The highest BCUT2D eigenvalue weighted by Gasteiger charge is 2.16. The number of aryl methyl sites for hydroxylation is 1. The predicted molar refractivity (Wildman–Crippen MR) is 62.4 cm³/mol. The summed E-state index contributed by atoms with van der Waals surface area (Å²) in [5.74, 6) is 0.404. The second-order valence-corrected chi connectivity index (χ2v) is 4.01. The molecular weight excluding hydrogens is 182 g/mol. The molecule has 15 heavy (non-hydrogen) atoms. The van der Waals surface area contributed by atoms with Gasteiger partial charge in [-0.1, -0.05) is 37.3 Å². The summed E-state index contributed by atoms with van der Waals surface area (Å²) in [5, 5.41) is 8.80. The van der Waals surface area contributed by atoms with Gasteiger partial charge >= 0.3 is 0 Å². The first-order chi connectivity index (χ1) is 7.35. The highest BCUT2D eigenvalue weighted by atomic mass is 14.3. The number of nitriles is 1. The molecule has 1 heteroatoms. The Kier molecular flexibility index (Phi) is 2.87. The predicted octanol–water partition coefficient (Wildman–Crippen LogP) is 3.66. The molecule has 1 aliphatic rings. The van der Waals surface area contributed by atoms with Gasteiger partial charge in [0.1, 0.15) is 0 Å². The number of nitrogens with zero attached hydrogens (tertiary/aromatic N) is 1. The minimum atomic E-state index is 0.404. The number of benzene rings is 1. The second-order valence-electron chi connectivity index (χ2n) is 4.01. The lowest BCUT2D eigenvalue weighted by atomic mass is 9.84. The van der Waals surface area contributed by atoms with E-state index in [0.29, 0.717) is 12.3 Å². The molecule has 0 aromatic heterocycles. The number of hydrogen-bond donors (Lipinski definition) is 0. The standard InChI is InChI=1S/C14H15N/c1-2-11-6-7-12-4-3-5-13(8-9-15)14(12)10-11/h3-4,6-7,10,13H,2,5,8H2,1H3. The van der Waals surface area contributed by atoms with Crippen LogP contribution >= 0.6 is 0 Å². The lowest BCUT2D eigenvalue weighted by Gasteiger charge is -2.20. The Labute approximate surface area is 91.0 Å². The van der Waals surface area contributed by atoms with E-state index in [1.54, 1.807) is 0 Å². The molecule has 1 aliphatic carbocycles. The van der Waals surface area contributed by atoms with Crippen LogP contribution in [-0.2, 0) is 6.42 Å². The monoisotopic (exact) mass is 197 g/mol. The fourth-order valence-corrected chi connectivity index (χ4v) is 2.14. The number of rotatable bonds is 2. The number of allylic oxidation sites excluding steroid dienone is 1. The van der Waals surface area contributed by atoms with Gasteiger partial charge in [0.15, 0.2) is 0 Å². The van der Waals surface area contributed by atoms with Crippen LogP contribution in [0.4, 0.5) is 0 Å². The fraction of sp³-hybridized carbons (Fsp3) is 0.357. The van der Waals surface area contributed by atoms with E-state index in [9.17, 15) is 0 Å². The average Bonchev–Trinajstić information content (AvgIpc) is 2.29. The third-order valence-electron chi connectivity index (χ3n) is 3.05. The van der Waals surface area contributed by atoms with Gasteiger partial charge in [-0.2, -0.15) is 5.26 Å². The summed E-state index contributed by atoms with van der Waals surface area (Å²) in [6.07, 6.45) is 7.05. The Hall–Kier alpha value is -1.55. The molecule has 1 aromatic rings. The third-order valence-corrected chi connectivity index (χ3v) is 3.05. The Bertz CT molecular complexity index is 423. The van der Waals surface area contributed by atoms with Gasteiger partial charge in [-0.25, -0.2) is 0 Å². The maximum Gasteiger partial charge on any atom is 0.0628 e. The van der Waals surface area contributed by atoms with E-state index in [-0.39, 0.29) is 0 Å². The van der Waals surface area contributed by atoms with Crippen LogP contribution in [0, 0.1) is 11.3 Å². The van der Waals surface area contributed by atoms with Crippen molar-refractivity contribution >= 4 is 6.08 Å². The molecule has 0 radical (unpaired) electrons. The van der Waals surface area contributed by atoms with Crippen molar-refractivity contribution in [1.29, 1.82) is 5.26 Å². The van der Waals surface area contributed by atoms with Gasteiger partial charge in [-0.3, -0.25) is 0 Å². The topological polar surface area (TPSA) is 23.8 Å². The highest BCUT2D eigenvalue weighted by Crippen LogP contribution is 2.32. The molecule has 0 amide bonds. The SMILES string of the molecule is CCc1ccc2c(c1)C(CC#N)CC=C2. The molecule has 2 rings (SSSR count). The molecule has 0 heterocycles. The van der Waals surface area contributed by atoms with Crippen molar-refractivity contribution in [3.05, 3.63) is 41.0 Å². The summed E-state index contributed by atoms with van der Waals surface area (Å²) < 4.78 is 0. The Balaban J connectivity index is 2.40. The minimum Gasteiger partial charge on any atom is -0.198 e. The zero-order valence-corrected chi connectivity index (χ0v) is 9.03. The van der Waals surface area contributed by atoms with Crippen molar-refractivity contribution in [3.8, 4) is 6.07 Å². The van der Waals surface area contributed by atoms with Crippen LogP contribution in [0.2, 0.25) is 0 Å². The Morgan fingerprint density at radius 3 is 3.07 bits per heavy atom. The summed E-state index contributed by atoms with van der Waals surface area (Å²) in [7, 11) is 0. The molecule has 0 saturated carbocycles. The first kappa shape index (κ1) is 9.98. The van der Waals surface area contributed by atoms with Gasteiger partial charge in [0.25, 0.3) is 0 Å². The van der Waals surface area contributed by atoms with Crippen molar-refractivity contribution in [2.45, 2.75) is 32.1 Å². The Morgan fingerprint density at radius 1 is 1.47 bits per heavy atom. The van der Waals surface area contributed by atoms with Gasteiger partial charge < -0.3 is 0 Å². The van der Waals surface area contributed by atoms with Crippen LogP contribution in [0.15, 0.2) is 24.3 Å². The molecule has 0 fully saturated rings. The second kappa shape index (κ2) is 4.31. The summed E-state index contributed by atoms with van der Waals surface area (Å²) in [6, 6.07) is 8.90. The molecule has 0 N–H and O–H groups in total. The van der Waals surface area contributed by atoms with E-state index in [2.05, 4.69) is 43.3 Å². The van der Waals surface area contributed by atoms with E-state index in [0.717, 1.165) is 12.8 Å². The van der Waals surface area contributed by atoms with E-state index >= 15 is 0 Å². The largest absolute Gasteiger partial charge is 0.198 e. The van der Waals surface area contributed by atoms with Gasteiger partial charge in [-0.15, -0.1) is 0 Å². The quantitative estimate of drug-likeness (QED) is 0.709. The maximum atomic E-state index is 8.80. The molecule has 0 bridgehead atoms. The highest BCUT2D eigenvalue weighted by molar-refractivity contribution is 5.58. The summed E-state index contributed by atoms with van der Waals surface area (Å²) in [4.78, 5) is 0. The van der Waals surface area contributed by atoms with Crippen molar-refractivity contribution in [1.82, 2.24) is 0 Å². The number of fused-ring (bicyclic) bond motifs is 1. The average molecular weight is 197 g/mol. The zero-order chi connectivity index (χ0) is 10.7. The summed E-state index contributed by atoms with van der Waals surface area (Å²) >= 11 is 0. The molecule has 0 spiro atoms. The molecule has 1 unspecified atom stereocenters. The van der Waals surface area contributed by atoms with Crippen LogP contribution in [-0.4, -0.2) is 0 Å². The van der Waals surface area contributed by atoms with Crippen molar-refractivity contribution in [2.24, 2.45) is 0 Å². The van der Waals surface area contributed by atoms with Crippen LogP contribution in [0.1, 0.15) is 42.4 Å². The van der Waals surface area contributed by atoms with Gasteiger partial charge in [0.05, 0.1) is 6.07 Å². The van der Waals surface area contributed by atoms with Crippen LogP contribution in [0.25, 0.3) is 6.08 Å². The van der Waals surface area contributed by atoms with Crippen LogP contribution in [0.3, 0.4) is 0 Å². The minimum absolute atomic E-state index is 0.404. The summed E-state index contributed by atoms with van der Waals surface area (Å²) in [5.41, 5.74) is 4.02. The molecular formula is C14H15N. The first-order valence-electron chi connectivity index (χ1n) is 5.51. The zero-order valence-electron chi connectivity index (χ0n) is 9.03. The van der Waals surface area contributed by atoms with Gasteiger partial charge in [0, 0.05) is 12.3 Å². The normalized spacial score (nSPS) is 18.3. The summed E-state index contributed by atoms with van der Waals surface area (Å²) in [6.45, 7) is 2.17. The van der Waals surface area contributed by atoms with E-state index in [1.807, 2.05) is 0 Å². The van der Waals surface area contributed by atoms with Crippen molar-refractivity contribution < 1.29 is 0 Å². The van der Waals surface area contributed by atoms with E-state index in [4.69, 9.17) is 5.26 Å².